The molecule has 1 fully saturated rings. The summed E-state index contributed by atoms with van der Waals surface area (Å²) in [6, 6.07) is 7.37. The molecule has 1 unspecified atom stereocenters. The molecular weight excluding hydrogens is 394 g/mol. The average molecular weight is 424 g/mol. The van der Waals surface area contributed by atoms with Gasteiger partial charge in [-0.05, 0) is 61.0 Å². The maximum Gasteiger partial charge on any atom is 0.244 e. The van der Waals surface area contributed by atoms with Crippen LogP contribution in [-0.4, -0.2) is 64.6 Å². The molecule has 2 heterocycles. The minimum Gasteiger partial charge on any atom is -0.492 e. The Kier molecular flexibility index (Phi) is 7.11. The number of rotatable bonds is 8. The number of nitrogens with zero attached hydrogens (tertiary/aromatic N) is 2. The number of piperazine rings is 1. The van der Waals surface area contributed by atoms with E-state index in [1.54, 1.807) is 23.5 Å². The van der Waals surface area contributed by atoms with Crippen molar-refractivity contribution in [2.24, 2.45) is 0 Å². The van der Waals surface area contributed by atoms with E-state index in [4.69, 9.17) is 4.74 Å². The fourth-order valence-corrected chi connectivity index (χ4v) is 5.40. The van der Waals surface area contributed by atoms with Crippen molar-refractivity contribution >= 4 is 21.4 Å². The number of sulfonamides is 1. The van der Waals surface area contributed by atoms with Gasteiger partial charge in [0.05, 0.1) is 6.61 Å². The smallest absolute Gasteiger partial charge is 0.244 e. The molecule has 6 nitrogen and oxygen atoms in total. The van der Waals surface area contributed by atoms with Crippen LogP contribution in [0.1, 0.15) is 24.1 Å². The van der Waals surface area contributed by atoms with Crippen LogP contribution in [0, 0.1) is 6.92 Å². The molecule has 2 aromatic rings. The SMILES string of the molecule is CCOc1ccc(C)cc1S(=O)(=O)NCC(c1ccsc1)N1CCN(C)CC1. The van der Waals surface area contributed by atoms with E-state index in [-0.39, 0.29) is 10.9 Å². The van der Waals surface area contributed by atoms with E-state index >= 15 is 0 Å². The zero-order valence-electron chi connectivity index (χ0n) is 16.7. The summed E-state index contributed by atoms with van der Waals surface area (Å²) >= 11 is 1.64. The molecule has 0 radical (unpaired) electrons. The zero-order chi connectivity index (χ0) is 20.1. The molecular formula is C20H29N3O3S2. The first-order valence-corrected chi connectivity index (χ1v) is 12.0. The quantitative estimate of drug-likeness (QED) is 0.707. The number of ether oxygens (including phenoxy) is 1. The lowest BCUT2D eigenvalue weighted by Gasteiger charge is -2.38. The summed E-state index contributed by atoms with van der Waals surface area (Å²) in [4.78, 5) is 4.87. The number of aryl methyl sites for hydroxylation is 1. The van der Waals surface area contributed by atoms with E-state index in [9.17, 15) is 8.42 Å². The molecule has 154 valence electrons. The molecule has 1 aliphatic heterocycles. The number of benzene rings is 1. The van der Waals surface area contributed by atoms with Crippen molar-refractivity contribution < 1.29 is 13.2 Å². The van der Waals surface area contributed by atoms with Crippen molar-refractivity contribution in [1.82, 2.24) is 14.5 Å². The molecule has 0 aliphatic carbocycles. The van der Waals surface area contributed by atoms with Gasteiger partial charge in [-0.3, -0.25) is 4.90 Å². The van der Waals surface area contributed by atoms with Crippen molar-refractivity contribution in [3.05, 3.63) is 46.2 Å². The standard InChI is InChI=1S/C20H29N3O3S2/c1-4-26-19-6-5-16(2)13-20(19)28(24,25)21-14-18(17-7-12-27-15-17)23-10-8-22(3)9-11-23/h5-7,12-13,15,18,21H,4,8-11,14H2,1-3H3. The van der Waals surface area contributed by atoms with Gasteiger partial charge in [0.15, 0.2) is 0 Å². The molecule has 0 bridgehead atoms. The molecule has 0 saturated carbocycles. The second-order valence-corrected chi connectivity index (χ2v) is 9.66. The number of likely N-dealkylation sites (N-methyl/N-ethyl adjacent to an activating group) is 1. The fraction of sp³-hybridized carbons (Fsp3) is 0.500. The van der Waals surface area contributed by atoms with E-state index in [0.717, 1.165) is 37.3 Å². The highest BCUT2D eigenvalue weighted by Crippen LogP contribution is 2.27. The molecule has 1 atom stereocenters. The largest absolute Gasteiger partial charge is 0.492 e. The summed E-state index contributed by atoms with van der Waals surface area (Å²) in [7, 11) is -1.56. The van der Waals surface area contributed by atoms with Gasteiger partial charge in [0.1, 0.15) is 10.6 Å². The van der Waals surface area contributed by atoms with E-state index in [1.165, 1.54) is 0 Å². The van der Waals surface area contributed by atoms with Gasteiger partial charge in [0, 0.05) is 38.8 Å². The summed E-state index contributed by atoms with van der Waals surface area (Å²) in [5.41, 5.74) is 2.05. The Labute approximate surface area is 172 Å². The first kappa shape index (κ1) is 21.3. The summed E-state index contributed by atoms with van der Waals surface area (Å²) in [6.07, 6.45) is 0. The van der Waals surface area contributed by atoms with Crippen molar-refractivity contribution in [3.8, 4) is 5.75 Å². The molecule has 3 rings (SSSR count). The highest BCUT2D eigenvalue weighted by Gasteiger charge is 2.27. The van der Waals surface area contributed by atoms with Gasteiger partial charge < -0.3 is 9.64 Å². The van der Waals surface area contributed by atoms with Gasteiger partial charge in [0.25, 0.3) is 0 Å². The summed E-state index contributed by atoms with van der Waals surface area (Å²) in [5.74, 6) is 0.396. The van der Waals surface area contributed by atoms with Gasteiger partial charge in [-0.1, -0.05) is 6.07 Å². The van der Waals surface area contributed by atoms with Crippen LogP contribution in [0.3, 0.4) is 0 Å². The molecule has 1 N–H and O–H groups in total. The maximum absolute atomic E-state index is 13.1. The van der Waals surface area contributed by atoms with Crippen LogP contribution in [0.15, 0.2) is 39.9 Å². The lowest BCUT2D eigenvalue weighted by Crippen LogP contribution is -2.48. The Balaban J connectivity index is 1.80. The number of hydrogen-bond donors (Lipinski definition) is 1. The molecule has 0 spiro atoms. The van der Waals surface area contributed by atoms with E-state index in [1.807, 2.05) is 25.3 Å². The van der Waals surface area contributed by atoms with Crippen LogP contribution in [0.2, 0.25) is 0 Å². The third-order valence-corrected chi connectivity index (χ3v) is 7.21. The monoisotopic (exact) mass is 423 g/mol. The maximum atomic E-state index is 13.1. The average Bonchev–Trinajstić information content (AvgIpc) is 3.19. The Morgan fingerprint density at radius 1 is 1.21 bits per heavy atom. The summed E-state index contributed by atoms with van der Waals surface area (Å²) < 4.78 is 34.5. The second kappa shape index (κ2) is 9.37. The van der Waals surface area contributed by atoms with Crippen LogP contribution in [0.4, 0.5) is 0 Å². The number of hydrogen-bond acceptors (Lipinski definition) is 6. The fourth-order valence-electron chi connectivity index (χ4n) is 3.42. The highest BCUT2D eigenvalue weighted by molar-refractivity contribution is 7.89. The van der Waals surface area contributed by atoms with Gasteiger partial charge in [-0.2, -0.15) is 11.3 Å². The third kappa shape index (κ3) is 5.12. The lowest BCUT2D eigenvalue weighted by atomic mass is 10.1. The van der Waals surface area contributed by atoms with E-state index in [2.05, 4.69) is 33.0 Å². The van der Waals surface area contributed by atoms with E-state index in [0.29, 0.717) is 18.9 Å². The number of thiophene rings is 1. The minimum atomic E-state index is -3.68. The molecule has 1 aliphatic rings. The molecule has 1 aromatic carbocycles. The van der Waals surface area contributed by atoms with Gasteiger partial charge in [-0.15, -0.1) is 0 Å². The van der Waals surface area contributed by atoms with Crippen molar-refractivity contribution in [2.75, 3.05) is 46.4 Å². The lowest BCUT2D eigenvalue weighted by molar-refractivity contribution is 0.113. The van der Waals surface area contributed by atoms with Crippen LogP contribution in [0.25, 0.3) is 0 Å². The first-order chi connectivity index (χ1) is 13.4. The Hall–Kier alpha value is -1.45. The van der Waals surface area contributed by atoms with Gasteiger partial charge >= 0.3 is 0 Å². The highest BCUT2D eigenvalue weighted by atomic mass is 32.2. The van der Waals surface area contributed by atoms with Gasteiger partial charge in [0.2, 0.25) is 10.0 Å². The normalized spacial score (nSPS) is 17.5. The Morgan fingerprint density at radius 3 is 2.61 bits per heavy atom. The Morgan fingerprint density at radius 2 is 1.96 bits per heavy atom. The van der Waals surface area contributed by atoms with Crippen LogP contribution in [-0.2, 0) is 10.0 Å². The molecule has 0 amide bonds. The van der Waals surface area contributed by atoms with Crippen molar-refractivity contribution in [3.63, 3.8) is 0 Å². The van der Waals surface area contributed by atoms with Crippen LogP contribution >= 0.6 is 11.3 Å². The predicted octanol–water partition coefficient (Wildman–Crippen LogP) is 2.72. The van der Waals surface area contributed by atoms with Crippen molar-refractivity contribution in [1.29, 1.82) is 0 Å². The van der Waals surface area contributed by atoms with Crippen LogP contribution in [0.5, 0.6) is 5.75 Å². The summed E-state index contributed by atoms with van der Waals surface area (Å²) in [5, 5.41) is 4.15. The van der Waals surface area contributed by atoms with Crippen LogP contribution < -0.4 is 9.46 Å². The molecule has 8 heteroatoms. The topological polar surface area (TPSA) is 61.9 Å². The Bertz CT molecular complexity index is 861. The molecule has 1 saturated heterocycles. The third-order valence-electron chi connectivity index (χ3n) is 5.06. The van der Waals surface area contributed by atoms with Crippen molar-refractivity contribution in [2.45, 2.75) is 24.8 Å². The first-order valence-electron chi connectivity index (χ1n) is 9.58. The number of nitrogens with one attached hydrogen (secondary N) is 1. The second-order valence-electron chi connectivity index (χ2n) is 7.15. The predicted molar refractivity (Wildman–Crippen MR) is 114 cm³/mol. The van der Waals surface area contributed by atoms with E-state index < -0.39 is 10.0 Å². The summed E-state index contributed by atoms with van der Waals surface area (Å²) in [6.45, 7) is 8.31. The molecule has 28 heavy (non-hydrogen) atoms. The minimum absolute atomic E-state index is 0.0232. The zero-order valence-corrected chi connectivity index (χ0v) is 18.4. The van der Waals surface area contributed by atoms with Gasteiger partial charge in [-0.25, -0.2) is 13.1 Å². The molecule has 1 aromatic heterocycles.